The Balaban J connectivity index is 1.54. The van der Waals surface area contributed by atoms with Crippen molar-refractivity contribution in [3.8, 4) is 0 Å². The number of nitrogens with zero attached hydrogens (tertiary/aromatic N) is 2. The van der Waals surface area contributed by atoms with Crippen LogP contribution in [-0.2, 0) is 16.1 Å². The average Bonchev–Trinajstić information content (AvgIpc) is 3.52. The lowest BCUT2D eigenvalue weighted by Gasteiger charge is -2.28. The number of carbonyl (C=O) groups is 2. The van der Waals surface area contributed by atoms with Crippen LogP contribution in [0.5, 0.6) is 0 Å². The predicted octanol–water partition coefficient (Wildman–Crippen LogP) is 4.27. The minimum atomic E-state index is -0.190. The molecule has 2 aromatic carbocycles. The van der Waals surface area contributed by atoms with Crippen LogP contribution in [0.3, 0.4) is 0 Å². The second-order valence-corrected chi connectivity index (χ2v) is 7.99. The average molecular weight is 433 g/mol. The normalized spacial score (nSPS) is 15.6. The van der Waals surface area contributed by atoms with Gasteiger partial charge in [0.15, 0.2) is 0 Å². The van der Waals surface area contributed by atoms with Crippen LogP contribution in [0.2, 0.25) is 0 Å². The van der Waals surface area contributed by atoms with Crippen LogP contribution in [0, 0.1) is 0 Å². The van der Waals surface area contributed by atoms with Crippen LogP contribution in [0.1, 0.15) is 29.0 Å². The van der Waals surface area contributed by atoms with Gasteiger partial charge < -0.3 is 19.0 Å². The summed E-state index contributed by atoms with van der Waals surface area (Å²) in [6, 6.07) is 17.0. The first-order valence-corrected chi connectivity index (χ1v) is 11.0. The number of ether oxygens (including phenoxy) is 1. The van der Waals surface area contributed by atoms with Gasteiger partial charge in [0, 0.05) is 25.3 Å². The van der Waals surface area contributed by atoms with Crippen molar-refractivity contribution in [1.82, 2.24) is 9.80 Å². The lowest BCUT2D eigenvalue weighted by Crippen LogP contribution is -2.45. The Kier molecular flexibility index (Phi) is 7.02. The van der Waals surface area contributed by atoms with E-state index in [1.54, 1.807) is 34.3 Å². The zero-order valence-electron chi connectivity index (χ0n) is 18.1. The topological polar surface area (TPSA) is 63.0 Å². The van der Waals surface area contributed by atoms with Crippen molar-refractivity contribution in [2.24, 2.45) is 0 Å². The third-order valence-electron chi connectivity index (χ3n) is 5.71. The fraction of sp³-hybridized carbons (Fsp3) is 0.308. The van der Waals surface area contributed by atoms with Gasteiger partial charge in [0.2, 0.25) is 5.91 Å². The van der Waals surface area contributed by atoms with E-state index in [0.717, 1.165) is 30.2 Å². The smallest absolute Gasteiger partial charge is 0.255 e. The lowest BCUT2D eigenvalue weighted by molar-refractivity contribution is -0.134. The zero-order chi connectivity index (χ0) is 22.3. The number of rotatable bonds is 9. The van der Waals surface area contributed by atoms with Crippen molar-refractivity contribution in [2.75, 3.05) is 26.2 Å². The van der Waals surface area contributed by atoms with E-state index in [1.807, 2.05) is 42.5 Å². The number of furan rings is 1. The van der Waals surface area contributed by atoms with Gasteiger partial charge in [0.1, 0.15) is 12.3 Å². The highest BCUT2D eigenvalue weighted by molar-refractivity contribution is 6.07. The SMILES string of the molecule is C=CCN(CC(=O)N(Cc1ccco1)CC1CCCO1)C(=O)c1cccc2ccccc12. The molecule has 0 aliphatic carbocycles. The molecule has 2 amide bonds. The van der Waals surface area contributed by atoms with Gasteiger partial charge in [-0.05, 0) is 41.8 Å². The summed E-state index contributed by atoms with van der Waals surface area (Å²) in [5.41, 5.74) is 0.578. The molecule has 0 saturated carbocycles. The number of hydrogen-bond donors (Lipinski definition) is 0. The summed E-state index contributed by atoms with van der Waals surface area (Å²) in [4.78, 5) is 30.0. The zero-order valence-corrected chi connectivity index (χ0v) is 18.1. The lowest BCUT2D eigenvalue weighted by atomic mass is 10.0. The van der Waals surface area contributed by atoms with E-state index in [0.29, 0.717) is 24.4 Å². The van der Waals surface area contributed by atoms with E-state index in [4.69, 9.17) is 9.15 Å². The molecule has 1 saturated heterocycles. The van der Waals surface area contributed by atoms with E-state index in [2.05, 4.69) is 6.58 Å². The molecule has 1 atom stereocenters. The van der Waals surface area contributed by atoms with E-state index in [9.17, 15) is 9.59 Å². The van der Waals surface area contributed by atoms with Crippen LogP contribution in [0.15, 0.2) is 77.9 Å². The molecule has 166 valence electrons. The second-order valence-electron chi connectivity index (χ2n) is 7.99. The summed E-state index contributed by atoms with van der Waals surface area (Å²) < 4.78 is 11.2. The summed E-state index contributed by atoms with van der Waals surface area (Å²) >= 11 is 0. The van der Waals surface area contributed by atoms with E-state index in [-0.39, 0.29) is 31.0 Å². The molecule has 4 rings (SSSR count). The maximum absolute atomic E-state index is 13.4. The fourth-order valence-electron chi connectivity index (χ4n) is 4.10. The second kappa shape index (κ2) is 10.3. The number of carbonyl (C=O) groups excluding carboxylic acids is 2. The molecule has 6 nitrogen and oxygen atoms in total. The van der Waals surface area contributed by atoms with Crippen molar-refractivity contribution >= 4 is 22.6 Å². The number of fused-ring (bicyclic) bond motifs is 1. The summed E-state index contributed by atoms with van der Waals surface area (Å²) in [5.74, 6) is 0.365. The first-order chi connectivity index (χ1) is 15.7. The van der Waals surface area contributed by atoms with Gasteiger partial charge in [0.05, 0.1) is 18.9 Å². The molecule has 1 fully saturated rings. The van der Waals surface area contributed by atoms with E-state index < -0.39 is 0 Å². The Bertz CT molecular complexity index is 1070. The van der Waals surface area contributed by atoms with E-state index >= 15 is 0 Å². The maximum atomic E-state index is 13.4. The predicted molar refractivity (Wildman–Crippen MR) is 123 cm³/mol. The molecular formula is C26H28N2O4. The van der Waals surface area contributed by atoms with Gasteiger partial charge in [0.25, 0.3) is 5.91 Å². The Morgan fingerprint density at radius 2 is 1.91 bits per heavy atom. The van der Waals surface area contributed by atoms with Crippen molar-refractivity contribution in [1.29, 1.82) is 0 Å². The molecule has 2 heterocycles. The molecule has 0 spiro atoms. The van der Waals surface area contributed by atoms with Crippen LogP contribution in [0.4, 0.5) is 0 Å². The standard InChI is InChI=1S/C26H28N2O4/c1-2-14-27(26(30)24-13-5-9-20-8-3-4-12-23(20)24)19-25(29)28(17-21-10-6-15-31-21)18-22-11-7-16-32-22/h2-6,8-10,12-13,15,22H,1,7,11,14,16-19H2. The van der Waals surface area contributed by atoms with Gasteiger partial charge in [-0.2, -0.15) is 0 Å². The Labute approximate surface area is 188 Å². The molecule has 32 heavy (non-hydrogen) atoms. The van der Waals surface area contributed by atoms with Gasteiger partial charge in [-0.1, -0.05) is 42.5 Å². The Morgan fingerprint density at radius 1 is 1.06 bits per heavy atom. The highest BCUT2D eigenvalue weighted by atomic mass is 16.5. The van der Waals surface area contributed by atoms with Crippen LogP contribution in [-0.4, -0.2) is 54.0 Å². The minimum absolute atomic E-state index is 0.00975. The molecule has 3 aromatic rings. The Morgan fingerprint density at radius 3 is 2.66 bits per heavy atom. The summed E-state index contributed by atoms with van der Waals surface area (Å²) in [7, 11) is 0. The number of amides is 2. The fourth-order valence-corrected chi connectivity index (χ4v) is 4.10. The molecule has 0 radical (unpaired) electrons. The molecule has 1 aliphatic heterocycles. The minimum Gasteiger partial charge on any atom is -0.467 e. The van der Waals surface area contributed by atoms with Crippen LogP contribution >= 0.6 is 0 Å². The summed E-state index contributed by atoms with van der Waals surface area (Å²) in [6.07, 6.45) is 5.17. The Hall–Kier alpha value is -3.38. The van der Waals surface area contributed by atoms with Gasteiger partial charge in [-0.3, -0.25) is 9.59 Å². The molecule has 1 aromatic heterocycles. The monoisotopic (exact) mass is 432 g/mol. The van der Waals surface area contributed by atoms with Crippen LogP contribution < -0.4 is 0 Å². The quantitative estimate of drug-likeness (QED) is 0.474. The van der Waals surface area contributed by atoms with Gasteiger partial charge in [-0.15, -0.1) is 6.58 Å². The third-order valence-corrected chi connectivity index (χ3v) is 5.71. The van der Waals surface area contributed by atoms with Crippen LogP contribution in [0.25, 0.3) is 10.8 Å². The molecule has 1 aliphatic rings. The molecule has 0 N–H and O–H groups in total. The van der Waals surface area contributed by atoms with Crippen molar-refractivity contribution in [3.63, 3.8) is 0 Å². The summed E-state index contributed by atoms with van der Waals surface area (Å²) in [6.45, 7) is 5.56. The third kappa shape index (κ3) is 5.08. The van der Waals surface area contributed by atoms with Gasteiger partial charge in [-0.25, -0.2) is 0 Å². The maximum Gasteiger partial charge on any atom is 0.255 e. The first-order valence-electron chi connectivity index (χ1n) is 11.0. The molecule has 1 unspecified atom stereocenters. The largest absolute Gasteiger partial charge is 0.467 e. The number of hydrogen-bond acceptors (Lipinski definition) is 4. The molecule has 6 heteroatoms. The van der Waals surface area contributed by atoms with Gasteiger partial charge >= 0.3 is 0 Å². The van der Waals surface area contributed by atoms with Crippen molar-refractivity contribution in [3.05, 3.63) is 84.8 Å². The van der Waals surface area contributed by atoms with Crippen molar-refractivity contribution in [2.45, 2.75) is 25.5 Å². The van der Waals surface area contributed by atoms with Crippen molar-refractivity contribution < 1.29 is 18.7 Å². The molecule has 0 bridgehead atoms. The summed E-state index contributed by atoms with van der Waals surface area (Å²) in [5, 5.41) is 1.86. The van der Waals surface area contributed by atoms with E-state index in [1.165, 1.54) is 0 Å². The highest BCUT2D eigenvalue weighted by Gasteiger charge is 2.26. The highest BCUT2D eigenvalue weighted by Crippen LogP contribution is 2.21. The molecular weight excluding hydrogens is 404 g/mol. The number of benzene rings is 2. The first kappa shape index (κ1) is 21.8.